The average molecular weight is 209 g/mol. The van der Waals surface area contributed by atoms with Crippen molar-refractivity contribution in [1.82, 2.24) is 0 Å². The Kier molecular flexibility index (Phi) is 4.12. The van der Waals surface area contributed by atoms with Gasteiger partial charge in [-0.05, 0) is 19.1 Å². The molecule has 1 aromatic carbocycles. The predicted molar refractivity (Wildman–Crippen MR) is 58.2 cm³/mol. The predicted octanol–water partition coefficient (Wildman–Crippen LogP) is 1.50. The van der Waals surface area contributed by atoms with Gasteiger partial charge in [-0.15, -0.1) is 0 Å². The maximum atomic E-state index is 11.6. The number of benzene rings is 1. The van der Waals surface area contributed by atoms with Crippen LogP contribution in [0.3, 0.4) is 0 Å². The Morgan fingerprint density at radius 3 is 2.73 bits per heavy atom. The van der Waals surface area contributed by atoms with E-state index in [0.29, 0.717) is 23.6 Å². The zero-order valence-electron chi connectivity index (χ0n) is 8.95. The second-order valence-corrected chi connectivity index (χ2v) is 3.01. The highest BCUT2D eigenvalue weighted by Crippen LogP contribution is 2.19. The van der Waals surface area contributed by atoms with Crippen LogP contribution >= 0.6 is 0 Å². The van der Waals surface area contributed by atoms with Crippen LogP contribution in [0.5, 0.6) is 5.75 Å². The lowest BCUT2D eigenvalue weighted by atomic mass is 10.1. The van der Waals surface area contributed by atoms with Crippen molar-refractivity contribution in [3.05, 3.63) is 23.8 Å². The summed E-state index contributed by atoms with van der Waals surface area (Å²) < 4.78 is 10.0. The first kappa shape index (κ1) is 11.5. The van der Waals surface area contributed by atoms with Gasteiger partial charge in [-0.2, -0.15) is 0 Å². The van der Waals surface area contributed by atoms with Gasteiger partial charge in [0.25, 0.3) is 0 Å². The van der Waals surface area contributed by atoms with Crippen molar-refractivity contribution < 1.29 is 14.3 Å². The zero-order chi connectivity index (χ0) is 11.3. The van der Waals surface area contributed by atoms with Crippen LogP contribution in [0, 0.1) is 0 Å². The first-order valence-electron chi connectivity index (χ1n) is 4.73. The Labute approximate surface area is 89.0 Å². The summed E-state index contributed by atoms with van der Waals surface area (Å²) in [6.07, 6.45) is 0. The van der Waals surface area contributed by atoms with Crippen LogP contribution in [-0.2, 0) is 4.74 Å². The van der Waals surface area contributed by atoms with E-state index in [1.807, 2.05) is 6.92 Å². The van der Waals surface area contributed by atoms with Gasteiger partial charge in [-0.1, -0.05) is 0 Å². The molecule has 0 aliphatic rings. The van der Waals surface area contributed by atoms with Crippen molar-refractivity contribution in [3.8, 4) is 5.75 Å². The molecule has 4 nitrogen and oxygen atoms in total. The molecule has 0 aromatic heterocycles. The van der Waals surface area contributed by atoms with Gasteiger partial charge in [-0.25, -0.2) is 0 Å². The molecular formula is C11H15NO3. The highest BCUT2D eigenvalue weighted by Gasteiger charge is 2.10. The van der Waals surface area contributed by atoms with Crippen molar-refractivity contribution >= 4 is 11.5 Å². The molecule has 15 heavy (non-hydrogen) atoms. The summed E-state index contributed by atoms with van der Waals surface area (Å²) in [6.45, 7) is 2.42. The van der Waals surface area contributed by atoms with E-state index >= 15 is 0 Å². The molecule has 0 saturated carbocycles. The number of nitrogens with two attached hydrogens (primary N) is 1. The maximum absolute atomic E-state index is 11.6. The lowest BCUT2D eigenvalue weighted by Crippen LogP contribution is -2.11. The second-order valence-electron chi connectivity index (χ2n) is 3.01. The summed E-state index contributed by atoms with van der Waals surface area (Å²) in [5, 5.41) is 0. The van der Waals surface area contributed by atoms with Gasteiger partial charge < -0.3 is 15.2 Å². The average Bonchev–Trinajstić information content (AvgIpc) is 2.25. The standard InChI is InChI=1S/C11H15NO3/c1-3-15-7-11(13)9-5-4-8(14-2)6-10(9)12/h4-6H,3,7,12H2,1-2H3. The van der Waals surface area contributed by atoms with Gasteiger partial charge in [0.15, 0.2) is 5.78 Å². The quantitative estimate of drug-likeness (QED) is 0.589. The Balaban J connectivity index is 2.81. The Hall–Kier alpha value is -1.55. The van der Waals surface area contributed by atoms with Gasteiger partial charge in [0.1, 0.15) is 12.4 Å². The molecule has 0 radical (unpaired) electrons. The van der Waals surface area contributed by atoms with Gasteiger partial charge in [0, 0.05) is 23.9 Å². The fourth-order valence-corrected chi connectivity index (χ4v) is 1.19. The van der Waals surface area contributed by atoms with E-state index in [0.717, 1.165) is 0 Å². The molecule has 1 aromatic rings. The smallest absolute Gasteiger partial charge is 0.190 e. The minimum absolute atomic E-state index is 0.0625. The first-order valence-corrected chi connectivity index (χ1v) is 4.73. The van der Waals surface area contributed by atoms with Gasteiger partial charge in [0.2, 0.25) is 0 Å². The van der Waals surface area contributed by atoms with Crippen LogP contribution in [0.4, 0.5) is 5.69 Å². The first-order chi connectivity index (χ1) is 7.19. The van der Waals surface area contributed by atoms with E-state index in [2.05, 4.69) is 0 Å². The van der Waals surface area contributed by atoms with E-state index in [-0.39, 0.29) is 12.4 Å². The van der Waals surface area contributed by atoms with Crippen molar-refractivity contribution in [1.29, 1.82) is 0 Å². The monoisotopic (exact) mass is 209 g/mol. The molecule has 0 aliphatic heterocycles. The Morgan fingerprint density at radius 1 is 1.47 bits per heavy atom. The van der Waals surface area contributed by atoms with E-state index < -0.39 is 0 Å². The van der Waals surface area contributed by atoms with E-state index in [9.17, 15) is 4.79 Å². The number of Topliss-reactive ketones (excluding diaryl/α,β-unsaturated/α-hetero) is 1. The number of methoxy groups -OCH3 is 1. The fraction of sp³-hybridized carbons (Fsp3) is 0.364. The van der Waals surface area contributed by atoms with Crippen LogP contribution in [0.2, 0.25) is 0 Å². The van der Waals surface area contributed by atoms with E-state index in [1.54, 1.807) is 25.3 Å². The molecule has 0 unspecified atom stereocenters. The SMILES string of the molecule is CCOCC(=O)c1ccc(OC)cc1N. The molecule has 0 aliphatic carbocycles. The summed E-state index contributed by atoms with van der Waals surface area (Å²) in [7, 11) is 1.55. The summed E-state index contributed by atoms with van der Waals surface area (Å²) in [5.74, 6) is 0.525. The lowest BCUT2D eigenvalue weighted by molar-refractivity contribution is 0.0784. The van der Waals surface area contributed by atoms with Gasteiger partial charge in [0.05, 0.1) is 7.11 Å². The molecule has 0 spiro atoms. The third kappa shape index (κ3) is 2.95. The normalized spacial score (nSPS) is 10.0. The fourth-order valence-electron chi connectivity index (χ4n) is 1.19. The molecular weight excluding hydrogens is 194 g/mol. The van der Waals surface area contributed by atoms with Crippen LogP contribution in [0.1, 0.15) is 17.3 Å². The molecule has 2 N–H and O–H groups in total. The van der Waals surface area contributed by atoms with Crippen molar-refractivity contribution in [2.24, 2.45) is 0 Å². The minimum Gasteiger partial charge on any atom is -0.497 e. The van der Waals surface area contributed by atoms with Crippen LogP contribution in [0.15, 0.2) is 18.2 Å². The van der Waals surface area contributed by atoms with Crippen LogP contribution < -0.4 is 10.5 Å². The van der Waals surface area contributed by atoms with Crippen molar-refractivity contribution in [2.75, 3.05) is 26.1 Å². The lowest BCUT2D eigenvalue weighted by Gasteiger charge is -2.06. The number of ketones is 1. The third-order valence-corrected chi connectivity index (χ3v) is 2.00. The number of nitrogen functional groups attached to an aromatic ring is 1. The Bertz CT molecular complexity index is 350. The zero-order valence-corrected chi connectivity index (χ0v) is 8.95. The molecule has 0 atom stereocenters. The summed E-state index contributed by atoms with van der Waals surface area (Å²) in [4.78, 5) is 11.6. The van der Waals surface area contributed by atoms with Crippen LogP contribution in [0.25, 0.3) is 0 Å². The number of ether oxygens (including phenoxy) is 2. The number of hydrogen-bond acceptors (Lipinski definition) is 4. The Morgan fingerprint density at radius 2 is 2.20 bits per heavy atom. The van der Waals surface area contributed by atoms with Crippen molar-refractivity contribution in [3.63, 3.8) is 0 Å². The maximum Gasteiger partial charge on any atom is 0.190 e. The molecule has 0 fully saturated rings. The highest BCUT2D eigenvalue weighted by molar-refractivity contribution is 6.01. The highest BCUT2D eigenvalue weighted by atomic mass is 16.5. The minimum atomic E-state index is -0.114. The second kappa shape index (κ2) is 5.36. The number of rotatable bonds is 5. The number of anilines is 1. The molecule has 0 saturated heterocycles. The van der Waals surface area contributed by atoms with Crippen LogP contribution in [-0.4, -0.2) is 26.1 Å². The molecule has 0 heterocycles. The summed E-state index contributed by atoms with van der Waals surface area (Å²) >= 11 is 0. The topological polar surface area (TPSA) is 61.5 Å². The summed E-state index contributed by atoms with van der Waals surface area (Å²) in [6, 6.07) is 4.98. The van der Waals surface area contributed by atoms with Crippen molar-refractivity contribution in [2.45, 2.75) is 6.92 Å². The van der Waals surface area contributed by atoms with Gasteiger partial charge >= 0.3 is 0 Å². The molecule has 4 heteroatoms. The number of hydrogen-bond donors (Lipinski definition) is 1. The molecule has 82 valence electrons. The van der Waals surface area contributed by atoms with E-state index in [4.69, 9.17) is 15.2 Å². The molecule has 1 rings (SSSR count). The third-order valence-electron chi connectivity index (χ3n) is 2.00. The molecule has 0 bridgehead atoms. The molecule has 0 amide bonds. The van der Waals surface area contributed by atoms with E-state index in [1.165, 1.54) is 0 Å². The number of carbonyl (C=O) groups excluding carboxylic acids is 1. The van der Waals surface area contributed by atoms with Gasteiger partial charge in [-0.3, -0.25) is 4.79 Å². The number of carbonyl (C=O) groups is 1. The summed E-state index contributed by atoms with van der Waals surface area (Å²) in [5.41, 5.74) is 6.61. The largest absolute Gasteiger partial charge is 0.497 e.